The molecule has 1 N–H and O–H groups in total. The minimum atomic E-state index is 0.735. The maximum Gasteiger partial charge on any atom is 0.130 e. The van der Waals surface area contributed by atoms with E-state index in [2.05, 4.69) is 15.2 Å². The highest BCUT2D eigenvalue weighted by Gasteiger charge is 2.02. The van der Waals surface area contributed by atoms with Crippen molar-refractivity contribution in [1.82, 2.24) is 4.98 Å². The third kappa shape index (κ3) is 3.75. The van der Waals surface area contributed by atoms with Gasteiger partial charge in [0.25, 0.3) is 0 Å². The predicted octanol–water partition coefficient (Wildman–Crippen LogP) is 1.60. The lowest BCUT2D eigenvalue weighted by molar-refractivity contribution is 0.154. The minimum absolute atomic E-state index is 0.735. The normalized spacial score (nSPS) is 10.1. The van der Waals surface area contributed by atoms with Crippen LogP contribution in [0.5, 0.6) is 0 Å². The molecule has 15 heavy (non-hydrogen) atoms. The summed E-state index contributed by atoms with van der Waals surface area (Å²) >= 11 is 0. The molecule has 0 aliphatic carbocycles. The van der Waals surface area contributed by atoms with E-state index in [1.165, 1.54) is 0 Å². The molecule has 0 fully saturated rings. The third-order valence-electron chi connectivity index (χ3n) is 2.16. The number of hydrogen-bond donors (Lipinski definition) is 1. The molecule has 0 amide bonds. The van der Waals surface area contributed by atoms with Crippen LogP contribution in [0.4, 0.5) is 11.6 Å². The van der Waals surface area contributed by atoms with Crippen LogP contribution in [-0.2, 0) is 4.74 Å². The molecule has 0 saturated heterocycles. The number of hydrogen-bond acceptors (Lipinski definition) is 4. The number of anilines is 2. The summed E-state index contributed by atoms with van der Waals surface area (Å²) in [6.07, 6.45) is 0. The van der Waals surface area contributed by atoms with Gasteiger partial charge in [0.05, 0.1) is 6.61 Å². The van der Waals surface area contributed by atoms with Crippen molar-refractivity contribution in [3.63, 3.8) is 0 Å². The molecular weight excluding hydrogens is 190 g/mol. The molecule has 0 atom stereocenters. The lowest BCUT2D eigenvalue weighted by Gasteiger charge is -2.18. The van der Waals surface area contributed by atoms with Crippen LogP contribution in [0.15, 0.2) is 18.2 Å². The van der Waals surface area contributed by atoms with Gasteiger partial charge in [0.1, 0.15) is 11.6 Å². The van der Waals surface area contributed by atoms with Gasteiger partial charge in [-0.05, 0) is 19.1 Å². The van der Waals surface area contributed by atoms with Gasteiger partial charge in [-0.3, -0.25) is 0 Å². The van der Waals surface area contributed by atoms with Crippen LogP contribution in [-0.4, -0.2) is 38.8 Å². The maximum atomic E-state index is 5.30. The highest BCUT2D eigenvalue weighted by Crippen LogP contribution is 2.11. The maximum absolute atomic E-state index is 5.30. The van der Waals surface area contributed by atoms with Crippen LogP contribution >= 0.6 is 0 Å². The second kappa shape index (κ2) is 6.24. The number of nitrogens with zero attached hydrogens (tertiary/aromatic N) is 2. The van der Waals surface area contributed by atoms with Gasteiger partial charge in [-0.1, -0.05) is 6.07 Å². The van der Waals surface area contributed by atoms with E-state index in [-0.39, 0.29) is 0 Å². The molecule has 0 radical (unpaired) electrons. The molecule has 0 aliphatic rings. The van der Waals surface area contributed by atoms with Crippen molar-refractivity contribution in [2.24, 2.45) is 0 Å². The average Bonchev–Trinajstić information content (AvgIpc) is 2.29. The molecular formula is C11H19N3O. The van der Waals surface area contributed by atoms with Crippen LogP contribution in [0.25, 0.3) is 0 Å². The van der Waals surface area contributed by atoms with Gasteiger partial charge >= 0.3 is 0 Å². The van der Waals surface area contributed by atoms with E-state index in [0.29, 0.717) is 0 Å². The van der Waals surface area contributed by atoms with Gasteiger partial charge in [-0.2, -0.15) is 0 Å². The second-order valence-corrected chi connectivity index (χ2v) is 3.25. The second-order valence-electron chi connectivity index (χ2n) is 3.25. The molecule has 1 aromatic heterocycles. The lowest BCUT2D eigenvalue weighted by atomic mass is 10.4. The molecule has 0 aliphatic heterocycles. The van der Waals surface area contributed by atoms with E-state index in [1.54, 1.807) is 0 Å². The van der Waals surface area contributed by atoms with Gasteiger partial charge in [0.15, 0.2) is 0 Å². The van der Waals surface area contributed by atoms with Gasteiger partial charge in [0, 0.05) is 27.2 Å². The van der Waals surface area contributed by atoms with Crippen molar-refractivity contribution in [1.29, 1.82) is 0 Å². The minimum Gasteiger partial charge on any atom is -0.380 e. The topological polar surface area (TPSA) is 37.4 Å². The Balaban J connectivity index is 2.52. The molecule has 1 rings (SSSR count). The van der Waals surface area contributed by atoms with E-state index in [4.69, 9.17) is 4.74 Å². The summed E-state index contributed by atoms with van der Waals surface area (Å²) in [5, 5.41) is 3.02. The fourth-order valence-corrected chi connectivity index (χ4v) is 1.24. The van der Waals surface area contributed by atoms with E-state index in [0.717, 1.165) is 31.4 Å². The van der Waals surface area contributed by atoms with Crippen LogP contribution in [0, 0.1) is 0 Å². The zero-order valence-electron chi connectivity index (χ0n) is 9.66. The Bertz CT molecular complexity index is 291. The summed E-state index contributed by atoms with van der Waals surface area (Å²) in [6, 6.07) is 5.93. The first-order valence-electron chi connectivity index (χ1n) is 5.21. The number of rotatable bonds is 6. The zero-order valence-corrected chi connectivity index (χ0v) is 9.66. The summed E-state index contributed by atoms with van der Waals surface area (Å²) in [5.74, 6) is 1.84. The molecule has 0 unspecified atom stereocenters. The molecule has 4 nitrogen and oxygen atoms in total. The highest BCUT2D eigenvalue weighted by molar-refractivity contribution is 5.46. The summed E-state index contributed by atoms with van der Waals surface area (Å²) in [7, 11) is 3.88. The summed E-state index contributed by atoms with van der Waals surface area (Å²) < 4.78 is 5.30. The van der Waals surface area contributed by atoms with E-state index < -0.39 is 0 Å². The molecule has 0 aromatic carbocycles. The molecule has 84 valence electrons. The van der Waals surface area contributed by atoms with E-state index >= 15 is 0 Å². The SMILES string of the molecule is CCOCCN(C)c1cccc(NC)n1. The van der Waals surface area contributed by atoms with Crippen LogP contribution in [0.2, 0.25) is 0 Å². The Morgan fingerprint density at radius 3 is 2.93 bits per heavy atom. The largest absolute Gasteiger partial charge is 0.380 e. The van der Waals surface area contributed by atoms with E-state index in [9.17, 15) is 0 Å². The third-order valence-corrected chi connectivity index (χ3v) is 2.16. The highest BCUT2D eigenvalue weighted by atomic mass is 16.5. The number of nitrogens with one attached hydrogen (secondary N) is 1. The number of likely N-dealkylation sites (N-methyl/N-ethyl adjacent to an activating group) is 1. The fourth-order valence-electron chi connectivity index (χ4n) is 1.24. The standard InChI is InChI=1S/C11H19N3O/c1-4-15-9-8-14(3)11-7-5-6-10(12-2)13-11/h5-7H,4,8-9H2,1-3H3,(H,12,13). The first kappa shape index (κ1) is 11.8. The molecule has 0 saturated carbocycles. The van der Waals surface area contributed by atoms with Crippen molar-refractivity contribution >= 4 is 11.6 Å². The van der Waals surface area contributed by atoms with E-state index in [1.807, 2.05) is 39.2 Å². The number of aromatic nitrogens is 1. The first-order chi connectivity index (χ1) is 7.27. The summed E-state index contributed by atoms with van der Waals surface area (Å²) in [6.45, 7) is 4.35. The fraction of sp³-hybridized carbons (Fsp3) is 0.545. The quantitative estimate of drug-likeness (QED) is 0.722. The van der Waals surface area contributed by atoms with Gasteiger partial charge < -0.3 is 15.0 Å². The van der Waals surface area contributed by atoms with Gasteiger partial charge in [0.2, 0.25) is 0 Å². The van der Waals surface area contributed by atoms with Crippen LogP contribution in [0.3, 0.4) is 0 Å². The van der Waals surface area contributed by atoms with Crippen molar-refractivity contribution in [2.45, 2.75) is 6.92 Å². The number of ether oxygens (including phenoxy) is 1. The Morgan fingerprint density at radius 2 is 2.27 bits per heavy atom. The predicted molar refractivity (Wildman–Crippen MR) is 63.5 cm³/mol. The Kier molecular flexibility index (Phi) is 4.90. The molecule has 0 bridgehead atoms. The zero-order chi connectivity index (χ0) is 11.1. The summed E-state index contributed by atoms with van der Waals surface area (Å²) in [5.41, 5.74) is 0. The van der Waals surface area contributed by atoms with Gasteiger partial charge in [-0.15, -0.1) is 0 Å². The Morgan fingerprint density at radius 1 is 1.47 bits per heavy atom. The molecule has 4 heteroatoms. The Hall–Kier alpha value is -1.29. The van der Waals surface area contributed by atoms with Crippen molar-refractivity contribution < 1.29 is 4.74 Å². The number of pyridine rings is 1. The lowest BCUT2D eigenvalue weighted by Crippen LogP contribution is -2.23. The smallest absolute Gasteiger partial charge is 0.130 e. The molecule has 1 heterocycles. The molecule has 1 aromatic rings. The van der Waals surface area contributed by atoms with Crippen LogP contribution in [0.1, 0.15) is 6.92 Å². The van der Waals surface area contributed by atoms with Crippen molar-refractivity contribution in [3.8, 4) is 0 Å². The van der Waals surface area contributed by atoms with Crippen molar-refractivity contribution in [2.75, 3.05) is 44.1 Å². The van der Waals surface area contributed by atoms with Gasteiger partial charge in [-0.25, -0.2) is 4.98 Å². The van der Waals surface area contributed by atoms with Crippen LogP contribution < -0.4 is 10.2 Å². The monoisotopic (exact) mass is 209 g/mol. The first-order valence-corrected chi connectivity index (χ1v) is 5.21. The Labute approximate surface area is 91.3 Å². The molecule has 0 spiro atoms. The summed E-state index contributed by atoms with van der Waals surface area (Å²) in [4.78, 5) is 6.51. The van der Waals surface area contributed by atoms with Crippen molar-refractivity contribution in [3.05, 3.63) is 18.2 Å². The average molecular weight is 209 g/mol.